The summed E-state index contributed by atoms with van der Waals surface area (Å²) in [5.74, 6) is 0. The second-order valence-electron chi connectivity index (χ2n) is 6.32. The van der Waals surface area contributed by atoms with Crippen molar-refractivity contribution < 1.29 is 13.3 Å². The average molecular weight is 375 g/mol. The molecule has 2 N–H and O–H groups in total. The highest BCUT2D eigenvalue weighted by Crippen LogP contribution is 2.20. The smallest absolute Gasteiger partial charge is 0.374 e. The molecular weight excluding hydrogens is 332 g/mol. The largest absolute Gasteiger partial charge is 0.500 e. The van der Waals surface area contributed by atoms with E-state index in [0.29, 0.717) is 26.4 Å². The second kappa shape index (κ2) is 18.5. The fourth-order valence-corrected chi connectivity index (χ4v) is 5.69. The Labute approximate surface area is 157 Å². The first-order valence-electron chi connectivity index (χ1n) is 10.4. The van der Waals surface area contributed by atoms with Gasteiger partial charge in [0.15, 0.2) is 0 Å². The van der Waals surface area contributed by atoms with Crippen molar-refractivity contribution in [1.82, 2.24) is 5.32 Å². The van der Waals surface area contributed by atoms with Crippen LogP contribution in [0.5, 0.6) is 0 Å². The van der Waals surface area contributed by atoms with E-state index in [1.54, 1.807) is 0 Å². The Bertz CT molecular complexity index is 277. The Morgan fingerprint density at radius 1 is 0.720 bits per heavy atom. The van der Waals surface area contributed by atoms with Crippen LogP contribution in [0.3, 0.4) is 0 Å². The maximum Gasteiger partial charge on any atom is 0.500 e. The summed E-state index contributed by atoms with van der Waals surface area (Å²) in [5.41, 5.74) is 0. The second-order valence-corrected chi connectivity index (χ2v) is 9.05. The van der Waals surface area contributed by atoms with Crippen molar-refractivity contribution in [2.45, 2.75) is 84.6 Å². The topological polar surface area (TPSA) is 63.6 Å². The van der Waals surface area contributed by atoms with Gasteiger partial charge in [-0.25, -0.2) is 0 Å². The minimum atomic E-state index is -2.42. The van der Waals surface area contributed by atoms with Crippen molar-refractivity contribution >= 4 is 15.0 Å². The quantitative estimate of drug-likeness (QED) is 0.183. The molecule has 5 nitrogen and oxygen atoms in total. The predicted octanol–water partition coefficient (Wildman–Crippen LogP) is 4.78. The molecule has 0 saturated carbocycles. The third-order valence-electron chi connectivity index (χ3n) is 4.18. The summed E-state index contributed by atoms with van der Waals surface area (Å²) in [6, 6.07) is 0.950. The fraction of sp³-hybridized carbons (Fsp3) is 0.947. The van der Waals surface area contributed by atoms with E-state index in [1.807, 2.05) is 20.8 Å². The van der Waals surface area contributed by atoms with Crippen LogP contribution < -0.4 is 5.32 Å². The Morgan fingerprint density at radius 3 is 1.60 bits per heavy atom. The summed E-state index contributed by atoms with van der Waals surface area (Å²) in [6.45, 7) is 9.81. The summed E-state index contributed by atoms with van der Waals surface area (Å²) in [5, 5.41) is 10.2. The minimum Gasteiger partial charge on any atom is -0.374 e. The van der Waals surface area contributed by atoms with Gasteiger partial charge < -0.3 is 24.0 Å². The van der Waals surface area contributed by atoms with E-state index in [2.05, 4.69) is 5.32 Å². The Hall–Kier alpha value is -0.273. The number of nitrogens with one attached hydrogen (secondary N) is 2. The fourth-order valence-electron chi connectivity index (χ4n) is 3.00. The van der Waals surface area contributed by atoms with Crippen LogP contribution in [0.1, 0.15) is 78.6 Å². The van der Waals surface area contributed by atoms with Gasteiger partial charge in [0.1, 0.15) is 0 Å². The first-order valence-corrected chi connectivity index (χ1v) is 12.3. The molecule has 0 spiro atoms. The molecule has 150 valence electrons. The normalized spacial score (nSPS) is 11.8. The summed E-state index contributed by atoms with van der Waals surface area (Å²) in [4.78, 5) is 0. The highest BCUT2D eigenvalue weighted by Gasteiger charge is 2.39. The molecule has 0 aromatic rings. The molecule has 0 aromatic heterocycles. The van der Waals surface area contributed by atoms with Crippen molar-refractivity contribution in [2.75, 3.05) is 32.9 Å². The first-order chi connectivity index (χ1) is 12.2. The lowest BCUT2D eigenvalue weighted by Gasteiger charge is -2.28. The summed E-state index contributed by atoms with van der Waals surface area (Å²) < 4.78 is 17.7. The highest BCUT2D eigenvalue weighted by atomic mass is 28.4. The molecule has 0 radical (unpaired) electrons. The van der Waals surface area contributed by atoms with E-state index in [9.17, 15) is 0 Å². The van der Waals surface area contributed by atoms with Gasteiger partial charge in [-0.1, -0.05) is 44.9 Å². The minimum absolute atomic E-state index is 0.670. The van der Waals surface area contributed by atoms with Crippen LogP contribution in [0.15, 0.2) is 0 Å². The molecular formula is C19H42N2O3Si. The summed E-state index contributed by atoms with van der Waals surface area (Å²) in [6.07, 6.45) is 13.0. The van der Waals surface area contributed by atoms with E-state index >= 15 is 0 Å². The lowest BCUT2D eigenvalue weighted by Crippen LogP contribution is -2.45. The number of hydrogen-bond donors (Lipinski definition) is 2. The van der Waals surface area contributed by atoms with Crippen LogP contribution in [0.2, 0.25) is 6.04 Å². The molecule has 0 fully saturated rings. The highest BCUT2D eigenvalue weighted by molar-refractivity contribution is 6.60. The molecule has 0 rings (SSSR count). The average Bonchev–Trinajstić information content (AvgIpc) is 2.60. The maximum atomic E-state index is 6.93. The van der Waals surface area contributed by atoms with Gasteiger partial charge in [0.05, 0.1) is 0 Å². The van der Waals surface area contributed by atoms with Gasteiger partial charge >= 0.3 is 8.80 Å². The first kappa shape index (κ1) is 24.7. The van der Waals surface area contributed by atoms with Crippen LogP contribution in [-0.2, 0) is 13.3 Å². The summed E-state index contributed by atoms with van der Waals surface area (Å²) >= 11 is 0. The van der Waals surface area contributed by atoms with Crippen molar-refractivity contribution in [1.29, 1.82) is 5.41 Å². The third-order valence-corrected chi connectivity index (χ3v) is 7.33. The zero-order valence-electron chi connectivity index (χ0n) is 16.9. The van der Waals surface area contributed by atoms with Gasteiger partial charge in [-0.2, -0.15) is 0 Å². The molecule has 0 aliphatic heterocycles. The molecule has 6 heteroatoms. The van der Waals surface area contributed by atoms with E-state index in [4.69, 9.17) is 18.7 Å². The maximum absolute atomic E-state index is 6.93. The monoisotopic (exact) mass is 374 g/mol. The van der Waals surface area contributed by atoms with E-state index in [1.165, 1.54) is 57.6 Å². The SMILES string of the molecule is CCO[Si](CCCCCCCCCCCNCC=N)(OCC)OCC. The molecule has 0 unspecified atom stereocenters. The predicted molar refractivity (Wildman–Crippen MR) is 109 cm³/mol. The van der Waals surface area contributed by atoms with Crippen LogP contribution in [0.4, 0.5) is 0 Å². The molecule has 0 aromatic carbocycles. The molecule has 0 aliphatic rings. The van der Waals surface area contributed by atoms with Gasteiger partial charge in [0, 0.05) is 38.6 Å². The van der Waals surface area contributed by atoms with Crippen LogP contribution in [0.25, 0.3) is 0 Å². The Morgan fingerprint density at radius 2 is 1.16 bits per heavy atom. The number of hydrogen-bond acceptors (Lipinski definition) is 5. The molecule has 25 heavy (non-hydrogen) atoms. The van der Waals surface area contributed by atoms with E-state index < -0.39 is 8.80 Å². The van der Waals surface area contributed by atoms with Gasteiger partial charge in [0.2, 0.25) is 0 Å². The molecule has 0 atom stereocenters. The van der Waals surface area contributed by atoms with E-state index in [0.717, 1.165) is 19.0 Å². The van der Waals surface area contributed by atoms with Gasteiger partial charge in [-0.15, -0.1) is 0 Å². The Balaban J connectivity index is 3.58. The zero-order valence-corrected chi connectivity index (χ0v) is 17.9. The van der Waals surface area contributed by atoms with Crippen molar-refractivity contribution in [3.05, 3.63) is 0 Å². The lowest BCUT2D eigenvalue weighted by molar-refractivity contribution is 0.0706. The molecule has 0 bridgehead atoms. The van der Waals surface area contributed by atoms with Gasteiger partial charge in [-0.05, 0) is 40.2 Å². The lowest BCUT2D eigenvalue weighted by atomic mass is 10.1. The number of unbranched alkanes of at least 4 members (excludes halogenated alkanes) is 8. The van der Waals surface area contributed by atoms with Gasteiger partial charge in [0.25, 0.3) is 0 Å². The molecule has 0 amide bonds. The van der Waals surface area contributed by atoms with Crippen LogP contribution in [-0.4, -0.2) is 47.9 Å². The molecule has 0 saturated heterocycles. The third kappa shape index (κ3) is 14.6. The van der Waals surface area contributed by atoms with Crippen molar-refractivity contribution in [3.63, 3.8) is 0 Å². The van der Waals surface area contributed by atoms with Crippen LogP contribution in [0, 0.1) is 5.41 Å². The molecule has 0 heterocycles. The van der Waals surface area contributed by atoms with Crippen molar-refractivity contribution in [2.24, 2.45) is 0 Å². The van der Waals surface area contributed by atoms with Gasteiger partial charge in [-0.3, -0.25) is 0 Å². The van der Waals surface area contributed by atoms with E-state index in [-0.39, 0.29) is 0 Å². The van der Waals surface area contributed by atoms with Crippen molar-refractivity contribution in [3.8, 4) is 0 Å². The standard InChI is InChI=1S/C19H42N2O3Si/c1-4-22-25(23-5-2,24-6-3)19-15-13-11-9-7-8-10-12-14-17-21-18-16-20/h16,20-21H,4-15,17-19H2,1-3H3. The Kier molecular flexibility index (Phi) is 18.3. The van der Waals surface area contributed by atoms with Crippen LogP contribution >= 0.6 is 0 Å². The zero-order chi connectivity index (χ0) is 18.6. The number of rotatable bonds is 20. The molecule has 0 aliphatic carbocycles. The summed E-state index contributed by atoms with van der Waals surface area (Å²) in [7, 11) is -2.42.